The number of halogens is 3. The second-order valence-corrected chi connectivity index (χ2v) is 10.2. The van der Waals surface area contributed by atoms with E-state index in [2.05, 4.69) is 9.82 Å². The van der Waals surface area contributed by atoms with Crippen LogP contribution in [0.5, 0.6) is 0 Å². The van der Waals surface area contributed by atoms with Gasteiger partial charge < -0.3 is 15.8 Å². The monoisotopic (exact) mass is 562 g/mol. The van der Waals surface area contributed by atoms with Gasteiger partial charge >= 0.3 is 12.1 Å². The first-order valence-electron chi connectivity index (χ1n) is 11.5. The first-order chi connectivity index (χ1) is 18.4. The van der Waals surface area contributed by atoms with Crippen LogP contribution in [0.15, 0.2) is 88.9 Å². The highest BCUT2D eigenvalue weighted by molar-refractivity contribution is 7.89. The Kier molecular flexibility index (Phi) is 9.43. The topological polar surface area (TPSA) is 142 Å². The van der Waals surface area contributed by atoms with E-state index in [0.29, 0.717) is 19.5 Å². The van der Waals surface area contributed by atoms with Crippen molar-refractivity contribution < 1.29 is 36.3 Å². The van der Waals surface area contributed by atoms with Crippen LogP contribution in [0.2, 0.25) is 0 Å². The van der Waals surface area contributed by atoms with Crippen LogP contribution in [0.25, 0.3) is 11.1 Å². The van der Waals surface area contributed by atoms with Crippen LogP contribution >= 0.6 is 0 Å². The number of carbonyl (C=O) groups excluding carboxylic acids is 1. The lowest BCUT2D eigenvalue weighted by atomic mass is 10.1. The van der Waals surface area contributed by atoms with Gasteiger partial charge in [-0.2, -0.15) is 23.0 Å². The molecule has 4 N–H and O–H groups in total. The summed E-state index contributed by atoms with van der Waals surface area (Å²) in [4.78, 5) is 23.5. The summed E-state index contributed by atoms with van der Waals surface area (Å²) < 4.78 is 60.0. The number of benzene rings is 3. The smallest absolute Gasteiger partial charge is 0.475 e. The van der Waals surface area contributed by atoms with E-state index in [1.807, 2.05) is 54.6 Å². The summed E-state index contributed by atoms with van der Waals surface area (Å²) in [5, 5.41) is 10.6. The Bertz CT molecular complexity index is 1430. The molecule has 206 valence electrons. The number of hydrogen-bond acceptors (Lipinski definition) is 6. The van der Waals surface area contributed by atoms with Crippen molar-refractivity contribution in [1.82, 2.24) is 9.62 Å². The lowest BCUT2D eigenvalue weighted by Crippen LogP contribution is -2.41. The molecule has 0 bridgehead atoms. The van der Waals surface area contributed by atoms with Crippen molar-refractivity contribution in [3.63, 3.8) is 0 Å². The number of aliphatic carboxylic acids is 1. The normalized spacial score (nSPS) is 15.7. The largest absolute Gasteiger partial charge is 0.490 e. The summed E-state index contributed by atoms with van der Waals surface area (Å²) in [7, 11) is -3.81. The fourth-order valence-electron chi connectivity index (χ4n) is 3.80. The van der Waals surface area contributed by atoms with E-state index in [0.717, 1.165) is 22.3 Å². The molecule has 1 aliphatic rings. The molecule has 1 heterocycles. The number of nitrogens with two attached hydrogens (primary N) is 1. The van der Waals surface area contributed by atoms with E-state index < -0.39 is 28.2 Å². The number of amides is 1. The number of nitrogens with zero attached hydrogens (tertiary/aromatic N) is 2. The van der Waals surface area contributed by atoms with Crippen LogP contribution in [0.1, 0.15) is 17.5 Å². The second-order valence-electron chi connectivity index (χ2n) is 8.44. The van der Waals surface area contributed by atoms with Crippen LogP contribution in [-0.2, 0) is 26.2 Å². The van der Waals surface area contributed by atoms with Gasteiger partial charge in [-0.25, -0.2) is 13.2 Å². The minimum Gasteiger partial charge on any atom is -0.475 e. The molecule has 9 nitrogen and oxygen atoms in total. The number of sulfonamides is 1. The Balaban J connectivity index is 0.000000532. The lowest BCUT2D eigenvalue weighted by Gasteiger charge is -2.17. The summed E-state index contributed by atoms with van der Waals surface area (Å²) in [6.07, 6.45) is -3.13. The van der Waals surface area contributed by atoms with Gasteiger partial charge in [-0.3, -0.25) is 4.79 Å². The van der Waals surface area contributed by atoms with Crippen LogP contribution in [0.3, 0.4) is 0 Å². The maximum atomic E-state index is 12.9. The van der Waals surface area contributed by atoms with Gasteiger partial charge in [-0.15, -0.1) is 0 Å². The van der Waals surface area contributed by atoms with Crippen molar-refractivity contribution in [1.29, 1.82) is 0 Å². The number of nitrogens with one attached hydrogen (secondary N) is 1. The van der Waals surface area contributed by atoms with Gasteiger partial charge in [0.2, 0.25) is 15.9 Å². The number of carbonyl (C=O) groups is 2. The van der Waals surface area contributed by atoms with E-state index in [4.69, 9.17) is 15.7 Å². The molecule has 0 radical (unpaired) electrons. The Hall–Kier alpha value is -4.23. The minimum atomic E-state index is -5.08. The van der Waals surface area contributed by atoms with Gasteiger partial charge in [-0.05, 0) is 46.9 Å². The number of carboxylic acid groups (broad SMARTS) is 1. The standard InChI is InChI=1S/C24H24N4O3S.C2HF3O2/c25-26-16-18-5-4-6-19(15-18)17-28-14-13-23(24(28)29)27-32(30,31)22-11-9-21(10-12-22)20-7-2-1-3-8-20;3-2(4,5)1(6)7/h1-12,15-16,23,27H,13-14,17,25H2;(H,6,7)/t23-;/m0./s1. The first kappa shape index (κ1) is 29.3. The average molecular weight is 563 g/mol. The van der Waals surface area contributed by atoms with Crippen LogP contribution in [0, 0.1) is 0 Å². The van der Waals surface area contributed by atoms with Crippen molar-refractivity contribution in [2.24, 2.45) is 10.9 Å². The molecular weight excluding hydrogens is 537 g/mol. The fraction of sp³-hybridized carbons (Fsp3) is 0.192. The summed E-state index contributed by atoms with van der Waals surface area (Å²) >= 11 is 0. The van der Waals surface area contributed by atoms with Crippen molar-refractivity contribution in [3.8, 4) is 11.1 Å². The summed E-state index contributed by atoms with van der Waals surface area (Å²) in [5.74, 6) is 2.21. The minimum absolute atomic E-state index is 0.136. The highest BCUT2D eigenvalue weighted by Crippen LogP contribution is 2.22. The molecule has 3 aromatic rings. The van der Waals surface area contributed by atoms with Gasteiger partial charge in [0.1, 0.15) is 6.04 Å². The first-order valence-corrected chi connectivity index (χ1v) is 13.0. The number of rotatable bonds is 7. The Morgan fingerprint density at radius 2 is 1.67 bits per heavy atom. The van der Waals surface area contributed by atoms with E-state index in [-0.39, 0.29) is 10.8 Å². The number of hydrazone groups is 1. The molecule has 0 spiro atoms. The Morgan fingerprint density at radius 1 is 1.05 bits per heavy atom. The SMILES string of the molecule is NN=Cc1cccc(CN2CC[C@H](NS(=O)(=O)c3ccc(-c4ccccc4)cc3)C2=O)c1.O=C(O)C(F)(F)F. The molecule has 0 aromatic heterocycles. The van der Waals surface area contributed by atoms with Crippen LogP contribution < -0.4 is 10.6 Å². The van der Waals surface area contributed by atoms with E-state index in [9.17, 15) is 26.4 Å². The number of alkyl halides is 3. The quantitative estimate of drug-likeness (QED) is 0.229. The van der Waals surface area contributed by atoms with Gasteiger partial charge in [0, 0.05) is 13.1 Å². The lowest BCUT2D eigenvalue weighted by molar-refractivity contribution is -0.192. The van der Waals surface area contributed by atoms with Crippen LogP contribution in [0.4, 0.5) is 13.2 Å². The molecule has 0 saturated carbocycles. The summed E-state index contributed by atoms with van der Waals surface area (Å²) in [6.45, 7) is 0.878. The van der Waals surface area contributed by atoms with Gasteiger partial charge in [0.05, 0.1) is 11.1 Å². The van der Waals surface area contributed by atoms with Crippen LogP contribution in [-0.4, -0.2) is 55.3 Å². The van der Waals surface area contributed by atoms with Crippen molar-refractivity contribution in [2.75, 3.05) is 6.54 Å². The van der Waals surface area contributed by atoms with E-state index in [1.54, 1.807) is 29.2 Å². The molecule has 4 rings (SSSR count). The molecule has 13 heteroatoms. The fourth-order valence-corrected chi connectivity index (χ4v) is 5.02. The maximum absolute atomic E-state index is 12.9. The van der Waals surface area contributed by atoms with Crippen molar-refractivity contribution >= 4 is 28.1 Å². The molecule has 1 atom stereocenters. The predicted octanol–water partition coefficient (Wildman–Crippen LogP) is 3.36. The molecule has 3 aromatic carbocycles. The molecule has 1 aliphatic heterocycles. The zero-order valence-corrected chi connectivity index (χ0v) is 21.2. The van der Waals surface area contributed by atoms with Gasteiger partial charge in [0.15, 0.2) is 0 Å². The zero-order valence-electron chi connectivity index (χ0n) is 20.4. The maximum Gasteiger partial charge on any atom is 0.490 e. The number of carboxylic acids is 1. The summed E-state index contributed by atoms with van der Waals surface area (Å²) in [5.41, 5.74) is 3.70. The molecule has 1 saturated heterocycles. The molecule has 1 fully saturated rings. The molecule has 39 heavy (non-hydrogen) atoms. The molecular formula is C26H25F3N4O5S. The van der Waals surface area contributed by atoms with Crippen molar-refractivity contribution in [3.05, 3.63) is 90.0 Å². The third-order valence-electron chi connectivity index (χ3n) is 5.66. The summed E-state index contributed by atoms with van der Waals surface area (Å²) in [6, 6.07) is 23.1. The van der Waals surface area contributed by atoms with Crippen molar-refractivity contribution in [2.45, 2.75) is 30.1 Å². The zero-order chi connectivity index (χ0) is 28.6. The van der Waals surface area contributed by atoms with Gasteiger partial charge in [-0.1, -0.05) is 60.7 Å². The second kappa shape index (κ2) is 12.5. The highest BCUT2D eigenvalue weighted by Gasteiger charge is 2.38. The molecule has 0 aliphatic carbocycles. The number of likely N-dealkylation sites (tertiary alicyclic amines) is 1. The van der Waals surface area contributed by atoms with E-state index in [1.165, 1.54) is 6.21 Å². The van der Waals surface area contributed by atoms with E-state index >= 15 is 0 Å². The molecule has 1 amide bonds. The Morgan fingerprint density at radius 3 is 2.26 bits per heavy atom. The predicted molar refractivity (Wildman–Crippen MR) is 138 cm³/mol. The third kappa shape index (κ3) is 8.12. The Labute approximate surface area is 222 Å². The molecule has 0 unspecified atom stereocenters. The van der Waals surface area contributed by atoms with Gasteiger partial charge in [0.25, 0.3) is 0 Å². The number of hydrogen-bond donors (Lipinski definition) is 3. The average Bonchev–Trinajstić information content (AvgIpc) is 3.23. The highest BCUT2D eigenvalue weighted by atomic mass is 32.2. The third-order valence-corrected chi connectivity index (χ3v) is 7.14.